The minimum atomic E-state index is -3.71. The maximum Gasteiger partial charge on any atom is 0.238 e. The van der Waals surface area contributed by atoms with E-state index < -0.39 is 10.0 Å². The molecule has 0 radical (unpaired) electrons. The lowest BCUT2D eigenvalue weighted by molar-refractivity contribution is 0.411. The van der Waals surface area contributed by atoms with Crippen molar-refractivity contribution in [1.29, 1.82) is 0 Å². The first-order valence-corrected chi connectivity index (χ1v) is 8.13. The van der Waals surface area contributed by atoms with Gasteiger partial charge >= 0.3 is 0 Å². The highest BCUT2D eigenvalue weighted by Gasteiger charge is 2.19. The van der Waals surface area contributed by atoms with Crippen molar-refractivity contribution >= 4 is 27.3 Å². The van der Waals surface area contributed by atoms with E-state index in [9.17, 15) is 8.42 Å². The lowest BCUT2D eigenvalue weighted by Crippen LogP contribution is -2.32. The molecule has 0 unspecified atom stereocenters. The van der Waals surface area contributed by atoms with Gasteiger partial charge in [0.1, 0.15) is 0 Å². The second-order valence-electron chi connectivity index (χ2n) is 4.94. The molecule has 106 valence electrons. The largest absolute Gasteiger partial charge is 0.381 e. The summed E-state index contributed by atoms with van der Waals surface area (Å²) >= 11 is 6.07. The van der Waals surface area contributed by atoms with Crippen LogP contribution in [-0.4, -0.2) is 20.5 Å². The van der Waals surface area contributed by atoms with E-state index >= 15 is 0 Å². The number of nitrogens with one attached hydrogen (secondary N) is 1. The number of rotatable bonds is 3. The summed E-state index contributed by atoms with van der Waals surface area (Å²) in [5, 5.41) is 8.87. The van der Waals surface area contributed by atoms with E-state index in [1.54, 1.807) is 0 Å². The van der Waals surface area contributed by atoms with Crippen LogP contribution in [0.4, 0.5) is 5.69 Å². The summed E-state index contributed by atoms with van der Waals surface area (Å²) in [5.41, 5.74) is 6.46. The molecule has 0 amide bonds. The standard InChI is InChI=1S/C12H18ClN3O2S/c13-11-6-5-10(19(15,17)18)7-12(11)16-9-3-1-8(14)2-4-9/h5-9,16H,1-4,14H2,(H2,15,17,18). The third-order valence-electron chi connectivity index (χ3n) is 3.40. The van der Waals surface area contributed by atoms with E-state index in [2.05, 4.69) is 5.32 Å². The molecule has 0 aliphatic heterocycles. The van der Waals surface area contributed by atoms with E-state index in [1.807, 2.05) is 0 Å². The van der Waals surface area contributed by atoms with Crippen LogP contribution in [0, 0.1) is 0 Å². The zero-order chi connectivity index (χ0) is 14.0. The topological polar surface area (TPSA) is 98.2 Å². The zero-order valence-corrected chi connectivity index (χ0v) is 12.0. The van der Waals surface area contributed by atoms with Gasteiger partial charge in [-0.05, 0) is 43.9 Å². The van der Waals surface area contributed by atoms with Gasteiger partial charge in [-0.15, -0.1) is 0 Å². The molecule has 7 heteroatoms. The van der Waals surface area contributed by atoms with Crippen molar-refractivity contribution in [1.82, 2.24) is 0 Å². The molecule has 0 spiro atoms. The highest BCUT2D eigenvalue weighted by Crippen LogP contribution is 2.28. The van der Waals surface area contributed by atoms with Crippen molar-refractivity contribution in [3.63, 3.8) is 0 Å². The van der Waals surface area contributed by atoms with Crippen LogP contribution in [0.2, 0.25) is 5.02 Å². The van der Waals surface area contributed by atoms with Crippen LogP contribution in [0.3, 0.4) is 0 Å². The SMILES string of the molecule is NC1CCC(Nc2cc(S(N)(=O)=O)ccc2Cl)CC1. The number of hydrogen-bond acceptors (Lipinski definition) is 4. The number of nitrogens with two attached hydrogens (primary N) is 2. The van der Waals surface area contributed by atoms with Gasteiger partial charge in [0.2, 0.25) is 10.0 Å². The van der Waals surface area contributed by atoms with E-state index in [0.29, 0.717) is 10.7 Å². The van der Waals surface area contributed by atoms with Gasteiger partial charge in [-0.25, -0.2) is 13.6 Å². The predicted molar refractivity (Wildman–Crippen MR) is 76.7 cm³/mol. The summed E-state index contributed by atoms with van der Waals surface area (Å²) in [7, 11) is -3.71. The molecule has 0 atom stereocenters. The average molecular weight is 304 g/mol. The fourth-order valence-electron chi connectivity index (χ4n) is 2.28. The Morgan fingerprint density at radius 2 is 1.84 bits per heavy atom. The third kappa shape index (κ3) is 3.82. The number of sulfonamides is 1. The molecule has 1 fully saturated rings. The van der Waals surface area contributed by atoms with E-state index in [1.165, 1.54) is 18.2 Å². The predicted octanol–water partition coefficient (Wildman–Crippen LogP) is 1.67. The quantitative estimate of drug-likeness (QED) is 0.791. The Bertz CT molecular complexity index is 554. The van der Waals surface area contributed by atoms with Crippen LogP contribution in [-0.2, 0) is 10.0 Å². The second kappa shape index (κ2) is 5.66. The first-order chi connectivity index (χ1) is 8.86. The van der Waals surface area contributed by atoms with Gasteiger partial charge in [-0.3, -0.25) is 0 Å². The Hall–Kier alpha value is -0.820. The van der Waals surface area contributed by atoms with Crippen LogP contribution in [0.15, 0.2) is 23.1 Å². The van der Waals surface area contributed by atoms with Crippen molar-refractivity contribution in [3.8, 4) is 0 Å². The molecule has 0 aromatic heterocycles. The molecule has 5 N–H and O–H groups in total. The molecule has 1 saturated carbocycles. The first kappa shape index (κ1) is 14.6. The molecule has 1 aromatic rings. The molecule has 19 heavy (non-hydrogen) atoms. The molecule has 0 heterocycles. The minimum absolute atomic E-state index is 0.0620. The van der Waals surface area contributed by atoms with Crippen molar-refractivity contribution in [3.05, 3.63) is 23.2 Å². The fourth-order valence-corrected chi connectivity index (χ4v) is 2.99. The number of hydrogen-bond donors (Lipinski definition) is 3. The minimum Gasteiger partial charge on any atom is -0.381 e. The monoisotopic (exact) mass is 303 g/mol. The second-order valence-corrected chi connectivity index (χ2v) is 6.91. The maximum atomic E-state index is 11.3. The molecule has 1 aliphatic carbocycles. The van der Waals surface area contributed by atoms with Gasteiger partial charge in [0.05, 0.1) is 15.6 Å². The van der Waals surface area contributed by atoms with Crippen LogP contribution in [0.25, 0.3) is 0 Å². The molecule has 1 aliphatic rings. The number of benzene rings is 1. The van der Waals surface area contributed by atoms with E-state index in [0.717, 1.165) is 25.7 Å². The van der Waals surface area contributed by atoms with Gasteiger partial charge in [-0.2, -0.15) is 0 Å². The molecular weight excluding hydrogens is 286 g/mol. The summed E-state index contributed by atoms with van der Waals surface area (Å²) in [5.74, 6) is 0. The highest BCUT2D eigenvalue weighted by molar-refractivity contribution is 7.89. The molecular formula is C12H18ClN3O2S. The van der Waals surface area contributed by atoms with Gasteiger partial charge in [-0.1, -0.05) is 11.6 Å². The summed E-state index contributed by atoms with van der Waals surface area (Å²) in [4.78, 5) is 0.0620. The summed E-state index contributed by atoms with van der Waals surface area (Å²) < 4.78 is 22.6. The fraction of sp³-hybridized carbons (Fsp3) is 0.500. The molecule has 0 bridgehead atoms. The Morgan fingerprint density at radius 3 is 2.42 bits per heavy atom. The molecule has 5 nitrogen and oxygen atoms in total. The van der Waals surface area contributed by atoms with Gasteiger partial charge in [0.25, 0.3) is 0 Å². The molecule has 1 aromatic carbocycles. The smallest absolute Gasteiger partial charge is 0.238 e. The molecule has 0 saturated heterocycles. The first-order valence-electron chi connectivity index (χ1n) is 6.21. The van der Waals surface area contributed by atoms with Gasteiger partial charge in [0.15, 0.2) is 0 Å². The average Bonchev–Trinajstić information content (AvgIpc) is 2.33. The van der Waals surface area contributed by atoms with Gasteiger partial charge < -0.3 is 11.1 Å². The van der Waals surface area contributed by atoms with Crippen molar-refractivity contribution < 1.29 is 8.42 Å². The Balaban J connectivity index is 2.16. The van der Waals surface area contributed by atoms with Crippen molar-refractivity contribution in [2.24, 2.45) is 10.9 Å². The lowest BCUT2D eigenvalue weighted by Gasteiger charge is -2.28. The van der Waals surface area contributed by atoms with Crippen LogP contribution < -0.4 is 16.2 Å². The highest BCUT2D eigenvalue weighted by atomic mass is 35.5. The number of halogens is 1. The Labute approximate surface area is 118 Å². The van der Waals surface area contributed by atoms with E-state index in [4.69, 9.17) is 22.5 Å². The van der Waals surface area contributed by atoms with Crippen LogP contribution in [0.5, 0.6) is 0 Å². The van der Waals surface area contributed by atoms with Crippen LogP contribution in [0.1, 0.15) is 25.7 Å². The Morgan fingerprint density at radius 1 is 1.21 bits per heavy atom. The maximum absolute atomic E-state index is 11.3. The zero-order valence-electron chi connectivity index (χ0n) is 10.5. The van der Waals surface area contributed by atoms with Crippen molar-refractivity contribution in [2.75, 3.05) is 5.32 Å². The number of anilines is 1. The normalized spacial score (nSPS) is 24.2. The van der Waals surface area contributed by atoms with Gasteiger partial charge in [0, 0.05) is 12.1 Å². The van der Waals surface area contributed by atoms with E-state index in [-0.39, 0.29) is 17.0 Å². The Kier molecular flexibility index (Phi) is 4.35. The molecule has 2 rings (SSSR count). The number of primary sulfonamides is 1. The van der Waals surface area contributed by atoms with Crippen molar-refractivity contribution in [2.45, 2.75) is 42.7 Å². The summed E-state index contributed by atoms with van der Waals surface area (Å²) in [6.45, 7) is 0. The summed E-state index contributed by atoms with van der Waals surface area (Å²) in [6, 6.07) is 4.96. The summed E-state index contributed by atoms with van der Waals surface area (Å²) in [6.07, 6.45) is 3.84. The van der Waals surface area contributed by atoms with Crippen LogP contribution >= 0.6 is 11.6 Å². The third-order valence-corrected chi connectivity index (χ3v) is 4.64. The lowest BCUT2D eigenvalue weighted by atomic mass is 9.92.